The topological polar surface area (TPSA) is 111 Å². The lowest BCUT2D eigenvalue weighted by atomic mass is 10.1. The van der Waals surface area contributed by atoms with Crippen LogP contribution in [0.3, 0.4) is 0 Å². The number of Topliss-reactive ketones (excluding diaryl/α,β-unsaturated/α-hetero) is 1. The van der Waals surface area contributed by atoms with Crippen molar-refractivity contribution < 1.29 is 33.7 Å². The highest BCUT2D eigenvalue weighted by Crippen LogP contribution is 2.31. The summed E-state index contributed by atoms with van der Waals surface area (Å²) in [6.45, 7) is 0.751. The molecule has 0 unspecified atom stereocenters. The maximum absolute atomic E-state index is 12.2. The fourth-order valence-electron chi connectivity index (χ4n) is 2.45. The van der Waals surface area contributed by atoms with Gasteiger partial charge in [-0.05, 0) is 30.3 Å². The van der Waals surface area contributed by atoms with Gasteiger partial charge in [-0.1, -0.05) is 12.1 Å². The van der Waals surface area contributed by atoms with Gasteiger partial charge in [-0.15, -0.1) is 0 Å². The fraction of sp³-hybridized carbons (Fsp3) is 0.211. The zero-order valence-corrected chi connectivity index (χ0v) is 14.4. The molecule has 1 amide bonds. The molecule has 0 aromatic heterocycles. The van der Waals surface area contributed by atoms with Crippen molar-refractivity contribution in [3.8, 4) is 17.2 Å². The van der Waals surface area contributed by atoms with E-state index in [2.05, 4.69) is 5.32 Å². The summed E-state index contributed by atoms with van der Waals surface area (Å²) in [6, 6.07) is 10.9. The number of fused-ring (bicyclic) bond motifs is 1. The molecule has 0 fully saturated rings. The SMILES string of the molecule is CC(=O)Nc1cc(C(=O)COC(=O)[C@@H]2COc3ccccc3O2)ccc1O. The van der Waals surface area contributed by atoms with E-state index in [0.717, 1.165) is 0 Å². The summed E-state index contributed by atoms with van der Waals surface area (Å²) in [4.78, 5) is 35.5. The summed E-state index contributed by atoms with van der Waals surface area (Å²) in [6.07, 6.45) is -0.970. The second-order valence-corrected chi connectivity index (χ2v) is 5.81. The minimum absolute atomic E-state index is 0.0179. The molecule has 1 heterocycles. The highest BCUT2D eigenvalue weighted by Gasteiger charge is 2.29. The molecule has 1 aliphatic heterocycles. The normalized spacial score (nSPS) is 14.9. The molecule has 1 aliphatic rings. The third-order valence-corrected chi connectivity index (χ3v) is 3.75. The first-order valence-corrected chi connectivity index (χ1v) is 8.13. The van der Waals surface area contributed by atoms with Gasteiger partial charge in [0.25, 0.3) is 0 Å². The zero-order valence-electron chi connectivity index (χ0n) is 14.4. The number of aromatic hydroxyl groups is 1. The predicted octanol–water partition coefficient (Wildman–Crippen LogP) is 1.92. The van der Waals surface area contributed by atoms with E-state index in [1.54, 1.807) is 24.3 Å². The molecule has 0 radical (unpaired) electrons. The van der Waals surface area contributed by atoms with Gasteiger partial charge in [0, 0.05) is 12.5 Å². The Labute approximate surface area is 154 Å². The lowest BCUT2D eigenvalue weighted by Gasteiger charge is -2.24. The van der Waals surface area contributed by atoms with E-state index >= 15 is 0 Å². The smallest absolute Gasteiger partial charge is 0.351 e. The van der Waals surface area contributed by atoms with E-state index in [0.29, 0.717) is 11.5 Å². The number of carbonyl (C=O) groups excluding carboxylic acids is 3. The minimum atomic E-state index is -0.970. The van der Waals surface area contributed by atoms with Gasteiger partial charge in [0.2, 0.25) is 12.0 Å². The lowest BCUT2D eigenvalue weighted by molar-refractivity contribution is -0.153. The Morgan fingerprint density at radius 1 is 1.19 bits per heavy atom. The Morgan fingerprint density at radius 3 is 2.67 bits per heavy atom. The predicted molar refractivity (Wildman–Crippen MR) is 94.1 cm³/mol. The van der Waals surface area contributed by atoms with Crippen LogP contribution in [0.25, 0.3) is 0 Å². The van der Waals surface area contributed by atoms with Gasteiger partial charge in [-0.3, -0.25) is 9.59 Å². The Bertz CT molecular complexity index is 893. The van der Waals surface area contributed by atoms with Crippen molar-refractivity contribution in [2.24, 2.45) is 0 Å². The molecule has 140 valence electrons. The van der Waals surface area contributed by atoms with Gasteiger partial charge in [-0.2, -0.15) is 0 Å². The summed E-state index contributed by atoms with van der Waals surface area (Å²) in [5, 5.41) is 12.1. The van der Waals surface area contributed by atoms with E-state index in [1.165, 1.54) is 25.1 Å². The number of phenols is 1. The van der Waals surface area contributed by atoms with Crippen LogP contribution in [-0.4, -0.2) is 42.1 Å². The maximum Gasteiger partial charge on any atom is 0.351 e. The monoisotopic (exact) mass is 371 g/mol. The van der Waals surface area contributed by atoms with Crippen LogP contribution in [0.15, 0.2) is 42.5 Å². The van der Waals surface area contributed by atoms with Gasteiger partial charge in [-0.25, -0.2) is 4.79 Å². The van der Waals surface area contributed by atoms with Crippen LogP contribution in [0.4, 0.5) is 5.69 Å². The Balaban J connectivity index is 1.59. The molecular formula is C19H17NO7. The van der Waals surface area contributed by atoms with E-state index in [-0.39, 0.29) is 23.6 Å². The van der Waals surface area contributed by atoms with Gasteiger partial charge in [0.15, 0.2) is 23.9 Å². The second-order valence-electron chi connectivity index (χ2n) is 5.81. The number of benzene rings is 2. The standard InChI is InChI=1S/C19H17NO7/c1-11(21)20-13-8-12(6-7-14(13)22)15(23)9-26-19(24)18-10-25-16-4-2-3-5-17(16)27-18/h2-8,18,22H,9-10H2,1H3,(H,20,21)/t18-/m0/s1. The Hall–Kier alpha value is -3.55. The van der Waals surface area contributed by atoms with Gasteiger partial charge in [0.1, 0.15) is 12.4 Å². The largest absolute Gasteiger partial charge is 0.506 e. The first-order chi connectivity index (χ1) is 12.9. The number of phenolic OH excluding ortho intramolecular Hbond substituents is 1. The third-order valence-electron chi connectivity index (χ3n) is 3.75. The summed E-state index contributed by atoms with van der Waals surface area (Å²) in [5.74, 6) is -0.824. The first kappa shape index (κ1) is 18.2. The van der Waals surface area contributed by atoms with Crippen LogP contribution in [0.2, 0.25) is 0 Å². The van der Waals surface area contributed by atoms with Crippen LogP contribution in [0.5, 0.6) is 17.2 Å². The number of ketones is 1. The maximum atomic E-state index is 12.2. The third kappa shape index (κ3) is 4.35. The highest BCUT2D eigenvalue weighted by atomic mass is 16.6. The molecule has 27 heavy (non-hydrogen) atoms. The van der Waals surface area contributed by atoms with E-state index in [4.69, 9.17) is 14.2 Å². The van der Waals surface area contributed by atoms with Gasteiger partial charge >= 0.3 is 5.97 Å². The molecule has 2 aromatic rings. The van der Waals surface area contributed by atoms with Crippen molar-refractivity contribution in [1.82, 2.24) is 0 Å². The molecule has 2 aromatic carbocycles. The molecule has 0 spiro atoms. The highest BCUT2D eigenvalue weighted by molar-refractivity contribution is 6.00. The molecule has 1 atom stereocenters. The van der Waals surface area contributed by atoms with Crippen LogP contribution in [0, 0.1) is 0 Å². The van der Waals surface area contributed by atoms with E-state index in [1.807, 2.05) is 0 Å². The summed E-state index contributed by atoms with van der Waals surface area (Å²) >= 11 is 0. The Morgan fingerprint density at radius 2 is 1.93 bits per heavy atom. The van der Waals surface area contributed by atoms with Crippen molar-refractivity contribution in [1.29, 1.82) is 0 Å². The summed E-state index contributed by atoms with van der Waals surface area (Å²) < 4.78 is 16.0. The molecule has 8 nitrogen and oxygen atoms in total. The number of rotatable bonds is 5. The average molecular weight is 371 g/mol. The number of carbonyl (C=O) groups is 3. The molecule has 3 rings (SSSR count). The van der Waals surface area contributed by atoms with Crippen molar-refractivity contribution >= 4 is 23.3 Å². The molecule has 2 N–H and O–H groups in total. The molecule has 0 bridgehead atoms. The number of amides is 1. The molecule has 0 saturated heterocycles. The lowest BCUT2D eigenvalue weighted by Crippen LogP contribution is -2.38. The van der Waals surface area contributed by atoms with Crippen molar-refractivity contribution in [2.75, 3.05) is 18.5 Å². The Kier molecular flexibility index (Phi) is 5.25. The quantitative estimate of drug-likeness (QED) is 0.469. The second kappa shape index (κ2) is 7.77. The molecule has 8 heteroatoms. The number of nitrogens with one attached hydrogen (secondary N) is 1. The van der Waals surface area contributed by atoms with Gasteiger partial charge < -0.3 is 24.6 Å². The average Bonchev–Trinajstić information content (AvgIpc) is 2.66. The van der Waals surface area contributed by atoms with Crippen molar-refractivity contribution in [3.05, 3.63) is 48.0 Å². The first-order valence-electron chi connectivity index (χ1n) is 8.13. The number of ether oxygens (including phenoxy) is 3. The number of hydrogen-bond acceptors (Lipinski definition) is 7. The minimum Gasteiger partial charge on any atom is -0.506 e. The van der Waals surface area contributed by atoms with Crippen LogP contribution < -0.4 is 14.8 Å². The summed E-state index contributed by atoms with van der Waals surface area (Å²) in [5.41, 5.74) is 0.274. The van der Waals surface area contributed by atoms with Gasteiger partial charge in [0.05, 0.1) is 5.69 Å². The van der Waals surface area contributed by atoms with Crippen molar-refractivity contribution in [3.63, 3.8) is 0 Å². The zero-order chi connectivity index (χ0) is 19.4. The van der Waals surface area contributed by atoms with E-state index < -0.39 is 30.4 Å². The van der Waals surface area contributed by atoms with Crippen LogP contribution in [-0.2, 0) is 14.3 Å². The molecular weight excluding hydrogens is 354 g/mol. The molecule has 0 aliphatic carbocycles. The number of esters is 1. The fourth-order valence-corrected chi connectivity index (χ4v) is 2.45. The number of hydrogen-bond donors (Lipinski definition) is 2. The number of anilines is 1. The van der Waals surface area contributed by atoms with Crippen molar-refractivity contribution in [2.45, 2.75) is 13.0 Å². The summed E-state index contributed by atoms with van der Waals surface area (Å²) in [7, 11) is 0. The van der Waals surface area contributed by atoms with E-state index in [9.17, 15) is 19.5 Å². The molecule has 0 saturated carbocycles. The van der Waals surface area contributed by atoms with Crippen LogP contribution in [0.1, 0.15) is 17.3 Å². The number of para-hydroxylation sites is 2. The van der Waals surface area contributed by atoms with Crippen LogP contribution >= 0.6 is 0 Å².